The van der Waals surface area contributed by atoms with Gasteiger partial charge in [-0.05, 0) is 38.9 Å². The van der Waals surface area contributed by atoms with Crippen LogP contribution in [-0.4, -0.2) is 71.6 Å². The fraction of sp³-hybridized carbons (Fsp3) is 0.750. The van der Waals surface area contributed by atoms with Crippen LogP contribution >= 0.6 is 0 Å². The Balaban J connectivity index is 2.12. The summed E-state index contributed by atoms with van der Waals surface area (Å²) in [7, 11) is 5.71. The van der Waals surface area contributed by atoms with E-state index in [1.807, 2.05) is 20.2 Å². The van der Waals surface area contributed by atoms with Crippen molar-refractivity contribution in [1.82, 2.24) is 14.9 Å². The number of hydrogen-bond donors (Lipinski definition) is 2. The van der Waals surface area contributed by atoms with Crippen molar-refractivity contribution in [2.75, 3.05) is 34.4 Å². The fourth-order valence-corrected chi connectivity index (χ4v) is 3.42. The van der Waals surface area contributed by atoms with E-state index in [1.54, 1.807) is 13.3 Å². The van der Waals surface area contributed by atoms with Crippen LogP contribution < -0.4 is 0 Å². The Bertz CT molecular complexity index is 470. The average Bonchev–Trinajstić information content (AvgIpc) is 2.81. The van der Waals surface area contributed by atoms with Crippen molar-refractivity contribution in [2.24, 2.45) is 11.8 Å². The lowest BCUT2D eigenvalue weighted by Crippen LogP contribution is -2.35. The second-order valence-corrected chi connectivity index (χ2v) is 6.26. The summed E-state index contributed by atoms with van der Waals surface area (Å²) in [5.41, 5.74) is 0.963. The van der Waals surface area contributed by atoms with E-state index in [-0.39, 0.29) is 24.5 Å². The van der Waals surface area contributed by atoms with Crippen LogP contribution in [0, 0.1) is 11.8 Å². The van der Waals surface area contributed by atoms with Crippen LogP contribution in [0.4, 0.5) is 0 Å². The summed E-state index contributed by atoms with van der Waals surface area (Å²) in [6.07, 6.45) is 3.46. The van der Waals surface area contributed by atoms with Gasteiger partial charge in [0.1, 0.15) is 5.82 Å². The van der Waals surface area contributed by atoms with Gasteiger partial charge in [0.15, 0.2) is 0 Å². The Morgan fingerprint density at radius 2 is 2.14 bits per heavy atom. The zero-order valence-corrected chi connectivity index (χ0v) is 13.6. The zero-order chi connectivity index (χ0) is 16.1. The minimum atomic E-state index is -0.447. The summed E-state index contributed by atoms with van der Waals surface area (Å²) >= 11 is 0. The number of ether oxygens (including phenoxy) is 1. The summed E-state index contributed by atoms with van der Waals surface area (Å²) in [4.78, 5) is 11.0. The van der Waals surface area contributed by atoms with E-state index in [4.69, 9.17) is 4.74 Å². The molecule has 0 bridgehead atoms. The lowest BCUT2D eigenvalue weighted by atomic mass is 9.88. The summed E-state index contributed by atoms with van der Waals surface area (Å²) < 4.78 is 5.06. The normalized spacial score (nSPS) is 28.5. The van der Waals surface area contributed by atoms with Crippen molar-refractivity contribution in [2.45, 2.75) is 31.4 Å². The van der Waals surface area contributed by atoms with Crippen LogP contribution in [0.25, 0.3) is 0 Å². The highest BCUT2D eigenvalue weighted by Crippen LogP contribution is 2.36. The second kappa shape index (κ2) is 7.97. The largest absolute Gasteiger partial charge is 0.396 e. The fourth-order valence-electron chi connectivity index (χ4n) is 3.42. The van der Waals surface area contributed by atoms with Gasteiger partial charge in [-0.3, -0.25) is 0 Å². The van der Waals surface area contributed by atoms with Gasteiger partial charge in [-0.1, -0.05) is 0 Å². The number of rotatable bonds is 7. The molecule has 1 heterocycles. The summed E-state index contributed by atoms with van der Waals surface area (Å²) in [6.45, 7) is 0.614. The maximum absolute atomic E-state index is 10.2. The Morgan fingerprint density at radius 3 is 2.77 bits per heavy atom. The molecule has 1 saturated carbocycles. The molecule has 1 aliphatic rings. The monoisotopic (exact) mass is 309 g/mol. The molecule has 1 fully saturated rings. The van der Waals surface area contributed by atoms with Crippen molar-refractivity contribution in [3.63, 3.8) is 0 Å². The Morgan fingerprint density at radius 1 is 1.36 bits per heavy atom. The number of aromatic nitrogens is 2. The molecule has 0 aliphatic heterocycles. The Labute approximate surface area is 132 Å². The zero-order valence-electron chi connectivity index (χ0n) is 13.6. The number of nitrogens with zero attached hydrogens (tertiary/aromatic N) is 3. The van der Waals surface area contributed by atoms with E-state index in [9.17, 15) is 10.2 Å². The third-order valence-corrected chi connectivity index (χ3v) is 4.63. The predicted molar refractivity (Wildman–Crippen MR) is 83.5 cm³/mol. The minimum absolute atomic E-state index is 0.0117. The first-order valence-corrected chi connectivity index (χ1v) is 7.82. The first-order chi connectivity index (χ1) is 10.6. The maximum atomic E-state index is 10.2. The summed E-state index contributed by atoms with van der Waals surface area (Å²) in [5.74, 6) is 0.879. The standard InChI is InChI=1S/C16H27N3O3/c1-19(2)14-9-15(21)13(10-20)12(14)8-11-4-6-17-16(18-11)5-7-22-3/h4,6,12-15,20-21H,5,7-10H2,1-3H3/t12-,13-,14-,15-/m1/s1. The smallest absolute Gasteiger partial charge is 0.130 e. The average molecular weight is 309 g/mol. The van der Waals surface area contributed by atoms with Crippen molar-refractivity contribution >= 4 is 0 Å². The van der Waals surface area contributed by atoms with Gasteiger partial charge in [-0.2, -0.15) is 0 Å². The third kappa shape index (κ3) is 4.01. The number of aliphatic hydroxyl groups is 2. The van der Waals surface area contributed by atoms with Crippen LogP contribution in [0.3, 0.4) is 0 Å². The summed E-state index contributed by atoms with van der Waals surface area (Å²) in [6, 6.07) is 2.17. The van der Waals surface area contributed by atoms with Crippen LogP contribution in [0.5, 0.6) is 0 Å². The molecular weight excluding hydrogens is 282 g/mol. The van der Waals surface area contributed by atoms with Gasteiger partial charge in [0.05, 0.1) is 12.7 Å². The Kier molecular flexibility index (Phi) is 6.26. The van der Waals surface area contributed by atoms with Gasteiger partial charge in [0.2, 0.25) is 0 Å². The van der Waals surface area contributed by atoms with E-state index >= 15 is 0 Å². The van der Waals surface area contributed by atoms with Gasteiger partial charge in [-0.25, -0.2) is 9.97 Å². The SMILES string of the molecule is COCCc1nccc(C[C@@H]2[C@@H](CO)[C@H](O)C[C@H]2N(C)C)n1. The van der Waals surface area contributed by atoms with Crippen molar-refractivity contribution in [3.8, 4) is 0 Å². The number of hydrogen-bond acceptors (Lipinski definition) is 6. The van der Waals surface area contributed by atoms with Gasteiger partial charge in [0, 0.05) is 44.0 Å². The molecular formula is C16H27N3O3. The van der Waals surface area contributed by atoms with Crippen molar-refractivity contribution in [3.05, 3.63) is 23.8 Å². The molecule has 22 heavy (non-hydrogen) atoms. The van der Waals surface area contributed by atoms with Gasteiger partial charge in [-0.15, -0.1) is 0 Å². The van der Waals surface area contributed by atoms with Crippen LogP contribution in [0.2, 0.25) is 0 Å². The molecule has 6 heteroatoms. The van der Waals surface area contributed by atoms with Crippen LogP contribution in [0.1, 0.15) is 17.9 Å². The molecule has 2 rings (SSSR count). The second-order valence-electron chi connectivity index (χ2n) is 6.26. The molecule has 0 amide bonds. The first-order valence-electron chi connectivity index (χ1n) is 7.82. The number of aliphatic hydroxyl groups excluding tert-OH is 2. The maximum Gasteiger partial charge on any atom is 0.130 e. The molecule has 0 unspecified atom stereocenters. The molecule has 1 aromatic heterocycles. The van der Waals surface area contributed by atoms with Crippen LogP contribution in [0.15, 0.2) is 12.3 Å². The Hall–Kier alpha value is -1.08. The lowest BCUT2D eigenvalue weighted by molar-refractivity contribution is 0.0707. The molecule has 2 N–H and O–H groups in total. The molecule has 0 saturated heterocycles. The highest BCUT2D eigenvalue weighted by Gasteiger charge is 2.43. The van der Waals surface area contributed by atoms with E-state index in [0.717, 1.165) is 17.9 Å². The molecule has 6 nitrogen and oxygen atoms in total. The molecule has 1 aromatic rings. The van der Waals surface area contributed by atoms with Gasteiger partial charge < -0.3 is 19.8 Å². The topological polar surface area (TPSA) is 78.7 Å². The highest BCUT2D eigenvalue weighted by molar-refractivity contribution is 5.08. The quantitative estimate of drug-likeness (QED) is 0.745. The molecule has 0 aromatic carbocycles. The van der Waals surface area contributed by atoms with Crippen LogP contribution in [-0.2, 0) is 17.6 Å². The number of methoxy groups -OCH3 is 1. The highest BCUT2D eigenvalue weighted by atomic mass is 16.5. The van der Waals surface area contributed by atoms with Gasteiger partial charge >= 0.3 is 0 Å². The molecule has 124 valence electrons. The molecule has 1 aliphatic carbocycles. The predicted octanol–water partition coefficient (Wildman–Crippen LogP) is 0.127. The third-order valence-electron chi connectivity index (χ3n) is 4.63. The first kappa shape index (κ1) is 17.3. The van der Waals surface area contributed by atoms with E-state index < -0.39 is 6.10 Å². The minimum Gasteiger partial charge on any atom is -0.396 e. The van der Waals surface area contributed by atoms with E-state index in [2.05, 4.69) is 14.9 Å². The van der Waals surface area contributed by atoms with Crippen molar-refractivity contribution in [1.29, 1.82) is 0 Å². The molecule has 0 radical (unpaired) electrons. The molecule has 0 spiro atoms. The molecule has 4 atom stereocenters. The van der Waals surface area contributed by atoms with E-state index in [1.165, 1.54) is 0 Å². The van der Waals surface area contributed by atoms with Gasteiger partial charge in [0.25, 0.3) is 0 Å². The van der Waals surface area contributed by atoms with E-state index in [0.29, 0.717) is 19.4 Å². The lowest BCUT2D eigenvalue weighted by Gasteiger charge is -2.28. The van der Waals surface area contributed by atoms with Crippen molar-refractivity contribution < 1.29 is 14.9 Å². The summed E-state index contributed by atoms with van der Waals surface area (Å²) in [5, 5.41) is 19.8.